The zero-order chi connectivity index (χ0) is 20.3. The van der Waals surface area contributed by atoms with Gasteiger partial charge in [-0.25, -0.2) is 8.42 Å². The van der Waals surface area contributed by atoms with Crippen LogP contribution < -0.4 is 9.47 Å². The molecular weight excluding hydrogens is 384 g/mol. The van der Waals surface area contributed by atoms with Gasteiger partial charge >= 0.3 is 0 Å². The van der Waals surface area contributed by atoms with Gasteiger partial charge in [0.05, 0.1) is 24.9 Å². The highest BCUT2D eigenvalue weighted by Gasteiger charge is 2.37. The average Bonchev–Trinajstić information content (AvgIpc) is 3.50. The normalized spacial score (nSPS) is 14.1. The van der Waals surface area contributed by atoms with Crippen molar-refractivity contribution in [3.05, 3.63) is 63.7 Å². The van der Waals surface area contributed by atoms with Gasteiger partial charge < -0.3 is 9.47 Å². The van der Waals surface area contributed by atoms with Gasteiger partial charge in [-0.15, -0.1) is 0 Å². The molecule has 0 bridgehead atoms. The molecule has 0 unspecified atom stereocenters. The molecule has 28 heavy (non-hydrogen) atoms. The van der Waals surface area contributed by atoms with Crippen LogP contribution in [0.15, 0.2) is 42.5 Å². The summed E-state index contributed by atoms with van der Waals surface area (Å²) in [5.74, 6) is 1.00. The number of methoxy groups -OCH3 is 2. The van der Waals surface area contributed by atoms with Gasteiger partial charge in [-0.1, -0.05) is 12.1 Å². The Morgan fingerprint density at radius 1 is 1.11 bits per heavy atom. The monoisotopic (exact) mass is 406 g/mol. The lowest BCUT2D eigenvalue weighted by Gasteiger charge is -2.23. The summed E-state index contributed by atoms with van der Waals surface area (Å²) in [6.45, 7) is 0.181. The Labute approximate surface area is 163 Å². The van der Waals surface area contributed by atoms with Crippen molar-refractivity contribution in [3.8, 4) is 11.5 Å². The zero-order valence-corrected chi connectivity index (χ0v) is 16.5. The summed E-state index contributed by atoms with van der Waals surface area (Å²) in [7, 11) is -0.530. The third kappa shape index (κ3) is 4.60. The molecule has 0 N–H and O–H groups in total. The highest BCUT2D eigenvalue weighted by atomic mass is 32.2. The number of nitro benzene ring substituents is 1. The molecular formula is C19H22N2O6S. The summed E-state index contributed by atoms with van der Waals surface area (Å²) in [6.07, 6.45) is 1.62. The standard InChI is InChI=1S/C19H22N2O6S/c1-26-18-9-10-19(27-2)15(11-18)12-20(16-7-8-16)28(24,25)13-14-3-5-17(6-4-14)21(22)23/h3-6,9-11,16H,7-8,12-13H2,1-2H3. The minimum absolute atomic E-state index is 0.0426. The van der Waals surface area contributed by atoms with Crippen molar-refractivity contribution < 1.29 is 22.8 Å². The lowest BCUT2D eigenvalue weighted by atomic mass is 10.2. The van der Waals surface area contributed by atoms with Crippen LogP contribution in [0.5, 0.6) is 11.5 Å². The Morgan fingerprint density at radius 3 is 2.32 bits per heavy atom. The van der Waals surface area contributed by atoms with Gasteiger partial charge in [-0.3, -0.25) is 10.1 Å². The van der Waals surface area contributed by atoms with Crippen LogP contribution in [-0.2, 0) is 22.3 Å². The van der Waals surface area contributed by atoms with E-state index in [-0.39, 0.29) is 24.0 Å². The number of benzene rings is 2. The largest absolute Gasteiger partial charge is 0.497 e. The van der Waals surface area contributed by atoms with Crippen LogP contribution in [0.2, 0.25) is 0 Å². The molecule has 0 heterocycles. The van der Waals surface area contributed by atoms with Crippen molar-refractivity contribution in [1.29, 1.82) is 0 Å². The van der Waals surface area contributed by atoms with Gasteiger partial charge in [0.25, 0.3) is 5.69 Å². The Hall–Kier alpha value is -2.65. The van der Waals surface area contributed by atoms with Crippen LogP contribution in [0.25, 0.3) is 0 Å². The molecule has 0 spiro atoms. The van der Waals surface area contributed by atoms with Crippen LogP contribution in [-0.4, -0.2) is 37.9 Å². The number of hydrogen-bond donors (Lipinski definition) is 0. The fraction of sp³-hybridized carbons (Fsp3) is 0.368. The van der Waals surface area contributed by atoms with E-state index in [0.29, 0.717) is 17.1 Å². The maximum Gasteiger partial charge on any atom is 0.269 e. The Balaban J connectivity index is 1.84. The molecule has 0 saturated heterocycles. The first kappa shape index (κ1) is 20.1. The van der Waals surface area contributed by atoms with Gasteiger partial charge in [0.2, 0.25) is 10.0 Å². The molecule has 8 nitrogen and oxygen atoms in total. The van der Waals surface area contributed by atoms with Crippen LogP contribution in [0.3, 0.4) is 0 Å². The molecule has 0 aromatic heterocycles. The van der Waals surface area contributed by atoms with Gasteiger partial charge in [0, 0.05) is 30.3 Å². The number of sulfonamides is 1. The molecule has 0 amide bonds. The summed E-state index contributed by atoms with van der Waals surface area (Å²) < 4.78 is 38.3. The molecule has 150 valence electrons. The van der Waals surface area contributed by atoms with Gasteiger partial charge in [-0.05, 0) is 36.6 Å². The first-order valence-corrected chi connectivity index (χ1v) is 10.4. The van der Waals surface area contributed by atoms with Crippen molar-refractivity contribution in [1.82, 2.24) is 4.31 Å². The summed E-state index contributed by atoms with van der Waals surface area (Å²) in [4.78, 5) is 10.3. The van der Waals surface area contributed by atoms with E-state index >= 15 is 0 Å². The van der Waals surface area contributed by atoms with Gasteiger partial charge in [0.15, 0.2) is 0 Å². The summed E-state index contributed by atoms with van der Waals surface area (Å²) >= 11 is 0. The molecule has 0 aliphatic heterocycles. The fourth-order valence-electron chi connectivity index (χ4n) is 3.00. The highest BCUT2D eigenvalue weighted by molar-refractivity contribution is 7.88. The minimum Gasteiger partial charge on any atom is -0.497 e. The molecule has 3 rings (SSSR count). The molecule has 1 aliphatic rings. The molecule has 1 aliphatic carbocycles. The maximum atomic E-state index is 13.1. The van der Waals surface area contributed by atoms with Crippen molar-refractivity contribution in [2.45, 2.75) is 31.2 Å². The minimum atomic E-state index is -3.62. The first-order chi connectivity index (χ1) is 13.3. The molecule has 1 saturated carbocycles. The first-order valence-electron chi connectivity index (χ1n) is 8.78. The zero-order valence-electron chi connectivity index (χ0n) is 15.7. The van der Waals surface area contributed by atoms with E-state index in [0.717, 1.165) is 18.4 Å². The van der Waals surface area contributed by atoms with E-state index < -0.39 is 14.9 Å². The Bertz CT molecular complexity index is 955. The maximum absolute atomic E-state index is 13.1. The lowest BCUT2D eigenvalue weighted by molar-refractivity contribution is -0.384. The van der Waals surface area contributed by atoms with Crippen molar-refractivity contribution >= 4 is 15.7 Å². The Morgan fingerprint density at radius 2 is 1.79 bits per heavy atom. The summed E-state index contributed by atoms with van der Waals surface area (Å²) in [5.41, 5.74) is 1.16. The molecule has 0 radical (unpaired) electrons. The number of nitro groups is 1. The average molecular weight is 406 g/mol. The second-order valence-corrected chi connectivity index (χ2v) is 8.56. The fourth-order valence-corrected chi connectivity index (χ4v) is 4.78. The Kier molecular flexibility index (Phi) is 5.85. The van der Waals surface area contributed by atoms with E-state index in [1.54, 1.807) is 25.3 Å². The number of nitrogens with zero attached hydrogens (tertiary/aromatic N) is 2. The predicted molar refractivity (Wildman–Crippen MR) is 104 cm³/mol. The second kappa shape index (κ2) is 8.15. The number of hydrogen-bond acceptors (Lipinski definition) is 6. The lowest BCUT2D eigenvalue weighted by Crippen LogP contribution is -2.33. The topological polar surface area (TPSA) is 99.0 Å². The molecule has 2 aromatic carbocycles. The van der Waals surface area contributed by atoms with Crippen LogP contribution >= 0.6 is 0 Å². The van der Waals surface area contributed by atoms with E-state index in [1.807, 2.05) is 0 Å². The SMILES string of the molecule is COc1ccc(OC)c(CN(C2CC2)S(=O)(=O)Cc2ccc([N+](=O)[O-])cc2)c1. The van der Waals surface area contributed by atoms with Crippen LogP contribution in [0.1, 0.15) is 24.0 Å². The number of non-ortho nitro benzene ring substituents is 1. The van der Waals surface area contributed by atoms with Gasteiger partial charge in [0.1, 0.15) is 11.5 Å². The van der Waals surface area contributed by atoms with Crippen LogP contribution in [0.4, 0.5) is 5.69 Å². The van der Waals surface area contributed by atoms with Crippen molar-refractivity contribution in [2.75, 3.05) is 14.2 Å². The van der Waals surface area contributed by atoms with Crippen molar-refractivity contribution in [2.24, 2.45) is 0 Å². The smallest absolute Gasteiger partial charge is 0.269 e. The third-order valence-corrected chi connectivity index (χ3v) is 6.46. The molecule has 2 aromatic rings. The van der Waals surface area contributed by atoms with Gasteiger partial charge in [-0.2, -0.15) is 4.31 Å². The molecule has 9 heteroatoms. The van der Waals surface area contributed by atoms with E-state index in [9.17, 15) is 18.5 Å². The van der Waals surface area contributed by atoms with E-state index in [4.69, 9.17) is 9.47 Å². The third-order valence-electron chi connectivity index (χ3n) is 4.62. The number of rotatable bonds is 9. The molecule has 0 atom stereocenters. The van der Waals surface area contributed by atoms with E-state index in [1.165, 1.54) is 35.7 Å². The number of ether oxygens (including phenoxy) is 2. The molecule has 1 fully saturated rings. The quantitative estimate of drug-likeness (QED) is 0.469. The van der Waals surface area contributed by atoms with Crippen molar-refractivity contribution in [3.63, 3.8) is 0 Å². The predicted octanol–water partition coefficient (Wildman–Crippen LogP) is 3.11. The summed E-state index contributed by atoms with van der Waals surface area (Å²) in [6, 6.07) is 10.8. The van der Waals surface area contributed by atoms with E-state index in [2.05, 4.69) is 0 Å². The highest BCUT2D eigenvalue weighted by Crippen LogP contribution is 2.35. The summed E-state index contributed by atoms with van der Waals surface area (Å²) in [5, 5.41) is 10.8. The second-order valence-electron chi connectivity index (χ2n) is 6.63. The van der Waals surface area contributed by atoms with Crippen LogP contribution in [0, 0.1) is 10.1 Å².